The maximum absolute atomic E-state index is 11.8. The Morgan fingerprint density at radius 3 is 2.04 bits per heavy atom. The average Bonchev–Trinajstić information content (AvgIpc) is 2.64. The molecule has 10 heteroatoms. The fourth-order valence-electron chi connectivity index (χ4n) is 2.21. The Morgan fingerprint density at radius 1 is 0.852 bits per heavy atom. The third-order valence-electron chi connectivity index (χ3n) is 3.80. The molecule has 2 amide bonds. The van der Waals surface area contributed by atoms with Crippen molar-refractivity contribution in [1.82, 2.24) is 21.3 Å². The fourth-order valence-corrected chi connectivity index (χ4v) is 2.21. The monoisotopic (exact) mass is 388 g/mol. The zero-order valence-electron chi connectivity index (χ0n) is 16.1. The van der Waals surface area contributed by atoms with Gasteiger partial charge >= 0.3 is 5.97 Å². The predicted molar refractivity (Wildman–Crippen MR) is 104 cm³/mol. The van der Waals surface area contributed by atoms with Gasteiger partial charge in [-0.25, -0.2) is 0 Å². The van der Waals surface area contributed by atoms with E-state index in [1.54, 1.807) is 0 Å². The summed E-state index contributed by atoms with van der Waals surface area (Å²) in [6, 6.07) is -0.777. The van der Waals surface area contributed by atoms with Crippen LogP contribution in [-0.2, 0) is 14.4 Å². The van der Waals surface area contributed by atoms with Crippen LogP contribution in [0, 0.1) is 0 Å². The Bertz CT molecular complexity index is 422. The molecule has 0 rings (SSSR count). The molecule has 9 N–H and O–H groups in total. The first kappa shape index (κ1) is 25.2. The second-order valence-electron chi connectivity index (χ2n) is 6.31. The number of hydrogen-bond donors (Lipinski definition) is 7. The van der Waals surface area contributed by atoms with Crippen LogP contribution in [0.25, 0.3) is 0 Å². The lowest BCUT2D eigenvalue weighted by Crippen LogP contribution is -2.42. The second-order valence-corrected chi connectivity index (χ2v) is 6.31. The van der Waals surface area contributed by atoms with Crippen LogP contribution in [0.1, 0.15) is 38.5 Å². The van der Waals surface area contributed by atoms with Crippen molar-refractivity contribution in [2.45, 2.75) is 44.6 Å². The lowest BCUT2D eigenvalue weighted by molar-refractivity contribution is -0.138. The summed E-state index contributed by atoms with van der Waals surface area (Å²) in [7, 11) is 0. The van der Waals surface area contributed by atoms with Crippen molar-refractivity contribution in [2.75, 3.05) is 45.8 Å². The molecule has 0 aromatic rings. The molecular weight excluding hydrogens is 352 g/mol. The molecule has 0 aliphatic rings. The van der Waals surface area contributed by atoms with Crippen LogP contribution in [0.3, 0.4) is 0 Å². The molecule has 0 fully saturated rings. The van der Waals surface area contributed by atoms with Crippen molar-refractivity contribution >= 4 is 17.8 Å². The summed E-state index contributed by atoms with van der Waals surface area (Å²) in [4.78, 5) is 33.5. The summed E-state index contributed by atoms with van der Waals surface area (Å²) in [5.74, 6) is -1.85. The Hall–Kier alpha value is -1.75. The van der Waals surface area contributed by atoms with E-state index in [0.717, 1.165) is 58.4 Å². The highest BCUT2D eigenvalue weighted by atomic mass is 16.4. The summed E-state index contributed by atoms with van der Waals surface area (Å²) >= 11 is 0. The van der Waals surface area contributed by atoms with Crippen LogP contribution in [0.4, 0.5) is 0 Å². The van der Waals surface area contributed by atoms with Gasteiger partial charge in [-0.15, -0.1) is 0 Å². The largest absolute Gasteiger partial charge is 0.480 e. The summed E-state index contributed by atoms with van der Waals surface area (Å²) in [5.41, 5.74) is 11.1. The summed E-state index contributed by atoms with van der Waals surface area (Å²) in [5, 5.41) is 20.1. The van der Waals surface area contributed by atoms with Gasteiger partial charge in [0.05, 0.1) is 6.04 Å². The number of nitrogens with two attached hydrogens (primary N) is 2. The second kappa shape index (κ2) is 17.7. The molecule has 27 heavy (non-hydrogen) atoms. The van der Waals surface area contributed by atoms with Crippen molar-refractivity contribution in [3.63, 3.8) is 0 Å². The Balaban J connectivity index is 3.46. The van der Waals surface area contributed by atoms with Crippen molar-refractivity contribution in [3.8, 4) is 0 Å². The van der Waals surface area contributed by atoms with Crippen molar-refractivity contribution in [1.29, 1.82) is 0 Å². The minimum Gasteiger partial charge on any atom is -0.480 e. The van der Waals surface area contributed by atoms with Crippen LogP contribution in [-0.4, -0.2) is 74.7 Å². The Kier molecular flexibility index (Phi) is 16.5. The Labute approximate surface area is 161 Å². The normalized spacial score (nSPS) is 11.8. The van der Waals surface area contributed by atoms with Crippen molar-refractivity contribution < 1.29 is 19.5 Å². The van der Waals surface area contributed by atoms with E-state index in [1.807, 2.05) is 0 Å². The first-order valence-corrected chi connectivity index (χ1v) is 9.60. The standard InChI is InChI=1S/C17H36N6O4/c18-7-3-10-20-8-1-2-9-21-11-4-12-22-17(27)14(19)5-6-15(24)23-13-16(25)26/h14,20-21H,1-13,18-19H2,(H,22,27)(H,23,24)(H,25,26). The van der Waals surface area contributed by atoms with Crippen LogP contribution >= 0.6 is 0 Å². The first-order valence-electron chi connectivity index (χ1n) is 9.60. The third-order valence-corrected chi connectivity index (χ3v) is 3.80. The molecule has 0 saturated carbocycles. The highest BCUT2D eigenvalue weighted by molar-refractivity contribution is 5.84. The van der Waals surface area contributed by atoms with Crippen LogP contribution in [0.2, 0.25) is 0 Å². The average molecular weight is 389 g/mol. The van der Waals surface area contributed by atoms with Gasteiger partial charge in [0.15, 0.2) is 0 Å². The molecule has 10 nitrogen and oxygen atoms in total. The van der Waals surface area contributed by atoms with E-state index < -0.39 is 24.5 Å². The van der Waals surface area contributed by atoms with Crippen LogP contribution < -0.4 is 32.7 Å². The molecule has 1 atom stereocenters. The third kappa shape index (κ3) is 17.4. The van der Waals surface area contributed by atoms with Gasteiger partial charge in [-0.3, -0.25) is 14.4 Å². The van der Waals surface area contributed by atoms with E-state index in [4.69, 9.17) is 16.6 Å². The highest BCUT2D eigenvalue weighted by Gasteiger charge is 2.14. The van der Waals surface area contributed by atoms with E-state index in [2.05, 4.69) is 21.3 Å². The number of aliphatic carboxylic acids is 1. The SMILES string of the molecule is NCCCNCCCCNCCCNC(=O)C(N)CCC(=O)NCC(=O)O. The molecule has 1 unspecified atom stereocenters. The van der Waals surface area contributed by atoms with Gasteiger partial charge in [-0.1, -0.05) is 0 Å². The van der Waals surface area contributed by atoms with Crippen LogP contribution in [0.15, 0.2) is 0 Å². The van der Waals surface area contributed by atoms with Gasteiger partial charge in [-0.05, 0) is 64.8 Å². The van der Waals surface area contributed by atoms with Gasteiger partial charge in [-0.2, -0.15) is 0 Å². The molecule has 0 bridgehead atoms. The summed E-state index contributed by atoms with van der Waals surface area (Å²) in [6.45, 7) is 4.54. The van der Waals surface area contributed by atoms with E-state index in [-0.39, 0.29) is 18.7 Å². The van der Waals surface area contributed by atoms with Crippen molar-refractivity contribution in [2.24, 2.45) is 11.5 Å². The number of nitrogens with one attached hydrogen (secondary N) is 4. The zero-order valence-corrected chi connectivity index (χ0v) is 16.1. The smallest absolute Gasteiger partial charge is 0.322 e. The first-order chi connectivity index (χ1) is 13.0. The lowest BCUT2D eigenvalue weighted by Gasteiger charge is -2.12. The molecule has 0 saturated heterocycles. The minimum atomic E-state index is -1.11. The highest BCUT2D eigenvalue weighted by Crippen LogP contribution is 1.95. The van der Waals surface area contributed by atoms with Gasteiger partial charge < -0.3 is 37.8 Å². The number of carboxylic acids is 1. The number of amides is 2. The number of carbonyl (C=O) groups excluding carboxylic acids is 2. The number of rotatable bonds is 18. The maximum atomic E-state index is 11.8. The number of hydrogen-bond acceptors (Lipinski definition) is 7. The number of carboxylic acid groups (broad SMARTS) is 1. The quantitative estimate of drug-likeness (QED) is 0.134. The molecule has 0 aliphatic carbocycles. The fraction of sp³-hybridized carbons (Fsp3) is 0.824. The summed E-state index contributed by atoms with van der Waals surface area (Å²) in [6.07, 6.45) is 4.21. The molecular formula is C17H36N6O4. The molecule has 0 aliphatic heterocycles. The molecule has 158 valence electrons. The minimum absolute atomic E-state index is 0.0184. The van der Waals surface area contributed by atoms with Gasteiger partial charge in [0.2, 0.25) is 11.8 Å². The number of carbonyl (C=O) groups is 3. The molecule has 0 aromatic carbocycles. The van der Waals surface area contributed by atoms with Crippen LogP contribution in [0.5, 0.6) is 0 Å². The molecule has 0 aromatic heterocycles. The van der Waals surface area contributed by atoms with Crippen molar-refractivity contribution in [3.05, 3.63) is 0 Å². The molecule has 0 radical (unpaired) electrons. The maximum Gasteiger partial charge on any atom is 0.322 e. The lowest BCUT2D eigenvalue weighted by atomic mass is 10.1. The molecule has 0 spiro atoms. The molecule has 0 heterocycles. The Morgan fingerprint density at radius 2 is 1.44 bits per heavy atom. The predicted octanol–water partition coefficient (Wildman–Crippen LogP) is -1.89. The number of unbranched alkanes of at least 4 members (excludes halogenated alkanes) is 1. The van der Waals surface area contributed by atoms with Gasteiger partial charge in [0.1, 0.15) is 6.54 Å². The van der Waals surface area contributed by atoms with Gasteiger partial charge in [0.25, 0.3) is 0 Å². The van der Waals surface area contributed by atoms with E-state index in [9.17, 15) is 14.4 Å². The topological polar surface area (TPSA) is 172 Å². The van der Waals surface area contributed by atoms with E-state index in [1.165, 1.54) is 0 Å². The summed E-state index contributed by atoms with van der Waals surface area (Å²) < 4.78 is 0. The zero-order chi connectivity index (χ0) is 20.3. The van der Waals surface area contributed by atoms with Gasteiger partial charge in [0, 0.05) is 13.0 Å². The van der Waals surface area contributed by atoms with E-state index in [0.29, 0.717) is 6.54 Å². The van der Waals surface area contributed by atoms with E-state index >= 15 is 0 Å².